The fourth-order valence-corrected chi connectivity index (χ4v) is 2.79. The van der Waals surface area contributed by atoms with Crippen LogP contribution in [0.15, 0.2) is 18.5 Å². The number of amides is 1. The monoisotopic (exact) mass is 261 g/mol. The Bertz CT molecular complexity index is 425. The summed E-state index contributed by atoms with van der Waals surface area (Å²) in [5, 5.41) is 0. The third kappa shape index (κ3) is 3.69. The SMILES string of the molecule is CN(C(=O)CC1CCCCCC1)c1ccncc1N. The predicted octanol–water partition coefficient (Wildman–Crippen LogP) is 2.99. The molecule has 2 rings (SSSR count). The highest BCUT2D eigenvalue weighted by Gasteiger charge is 2.20. The number of anilines is 2. The van der Waals surface area contributed by atoms with Crippen LogP contribution in [0.3, 0.4) is 0 Å². The van der Waals surface area contributed by atoms with Crippen LogP contribution in [0.4, 0.5) is 11.4 Å². The van der Waals surface area contributed by atoms with Crippen molar-refractivity contribution in [3.05, 3.63) is 18.5 Å². The quantitative estimate of drug-likeness (QED) is 0.851. The summed E-state index contributed by atoms with van der Waals surface area (Å²) in [6.45, 7) is 0. The van der Waals surface area contributed by atoms with Crippen LogP contribution in [0.1, 0.15) is 44.9 Å². The zero-order chi connectivity index (χ0) is 13.7. The van der Waals surface area contributed by atoms with Crippen LogP contribution in [-0.2, 0) is 4.79 Å². The minimum absolute atomic E-state index is 0.157. The van der Waals surface area contributed by atoms with Gasteiger partial charge in [-0.1, -0.05) is 25.7 Å². The molecule has 0 aliphatic heterocycles. The number of hydrogen-bond donors (Lipinski definition) is 1. The molecule has 4 nitrogen and oxygen atoms in total. The molecule has 0 spiro atoms. The van der Waals surface area contributed by atoms with Gasteiger partial charge in [0.1, 0.15) is 0 Å². The Morgan fingerprint density at radius 1 is 1.37 bits per heavy atom. The topological polar surface area (TPSA) is 59.2 Å². The van der Waals surface area contributed by atoms with Gasteiger partial charge in [0.15, 0.2) is 0 Å². The zero-order valence-corrected chi connectivity index (χ0v) is 11.6. The molecule has 1 heterocycles. The van der Waals surface area contributed by atoms with Gasteiger partial charge in [-0.3, -0.25) is 9.78 Å². The summed E-state index contributed by atoms with van der Waals surface area (Å²) >= 11 is 0. The molecule has 0 atom stereocenters. The number of carbonyl (C=O) groups excluding carboxylic acids is 1. The summed E-state index contributed by atoms with van der Waals surface area (Å²) in [5.74, 6) is 0.699. The molecule has 0 aromatic carbocycles. The summed E-state index contributed by atoms with van der Waals surface area (Å²) in [6, 6.07) is 1.79. The maximum atomic E-state index is 12.3. The lowest BCUT2D eigenvalue weighted by Crippen LogP contribution is -2.28. The van der Waals surface area contributed by atoms with Gasteiger partial charge < -0.3 is 10.6 Å². The Morgan fingerprint density at radius 2 is 2.05 bits per heavy atom. The van der Waals surface area contributed by atoms with Crippen molar-refractivity contribution in [2.45, 2.75) is 44.9 Å². The Labute approximate surface area is 115 Å². The molecule has 19 heavy (non-hydrogen) atoms. The van der Waals surface area contributed by atoms with E-state index in [0.717, 1.165) is 5.69 Å². The molecule has 1 fully saturated rings. The van der Waals surface area contributed by atoms with Gasteiger partial charge in [-0.15, -0.1) is 0 Å². The number of nitrogens with zero attached hydrogens (tertiary/aromatic N) is 2. The van der Waals surface area contributed by atoms with Gasteiger partial charge in [0, 0.05) is 19.7 Å². The number of hydrogen-bond acceptors (Lipinski definition) is 3. The second-order valence-electron chi connectivity index (χ2n) is 5.45. The van der Waals surface area contributed by atoms with Crippen molar-refractivity contribution in [1.82, 2.24) is 4.98 Å². The van der Waals surface area contributed by atoms with Gasteiger partial charge in [0.25, 0.3) is 0 Å². The summed E-state index contributed by atoms with van der Waals surface area (Å²) in [5.41, 5.74) is 7.17. The molecule has 104 valence electrons. The highest BCUT2D eigenvalue weighted by molar-refractivity contribution is 5.95. The number of aromatic nitrogens is 1. The average Bonchev–Trinajstić information content (AvgIpc) is 2.67. The van der Waals surface area contributed by atoms with E-state index in [0.29, 0.717) is 18.0 Å². The summed E-state index contributed by atoms with van der Waals surface area (Å²) in [4.78, 5) is 17.9. The maximum Gasteiger partial charge on any atom is 0.227 e. The second kappa shape index (κ2) is 6.55. The van der Waals surface area contributed by atoms with Gasteiger partial charge in [0.05, 0.1) is 17.6 Å². The van der Waals surface area contributed by atoms with E-state index in [4.69, 9.17) is 5.73 Å². The molecule has 0 unspecified atom stereocenters. The number of carbonyl (C=O) groups is 1. The van der Waals surface area contributed by atoms with Crippen LogP contribution in [0, 0.1) is 5.92 Å². The molecular formula is C15H23N3O. The minimum atomic E-state index is 0.157. The van der Waals surface area contributed by atoms with E-state index in [9.17, 15) is 4.79 Å². The molecule has 1 aromatic heterocycles. The fraction of sp³-hybridized carbons (Fsp3) is 0.600. The Hall–Kier alpha value is -1.58. The first-order valence-corrected chi connectivity index (χ1v) is 7.14. The van der Waals surface area contributed by atoms with E-state index in [1.54, 1.807) is 30.4 Å². The summed E-state index contributed by atoms with van der Waals surface area (Å²) < 4.78 is 0. The molecule has 2 N–H and O–H groups in total. The van der Waals surface area contributed by atoms with E-state index < -0.39 is 0 Å². The molecule has 1 saturated carbocycles. The Balaban J connectivity index is 1.97. The maximum absolute atomic E-state index is 12.3. The number of nitrogens with two attached hydrogens (primary N) is 1. The van der Waals surface area contributed by atoms with E-state index >= 15 is 0 Å². The Kier molecular flexibility index (Phi) is 4.77. The number of pyridine rings is 1. The first-order valence-electron chi connectivity index (χ1n) is 7.14. The molecule has 0 radical (unpaired) electrons. The number of nitrogen functional groups attached to an aromatic ring is 1. The van der Waals surface area contributed by atoms with Crippen LogP contribution >= 0.6 is 0 Å². The van der Waals surface area contributed by atoms with Crippen LogP contribution < -0.4 is 10.6 Å². The van der Waals surface area contributed by atoms with Gasteiger partial charge in [-0.25, -0.2) is 0 Å². The van der Waals surface area contributed by atoms with Gasteiger partial charge in [0.2, 0.25) is 5.91 Å². The van der Waals surface area contributed by atoms with Gasteiger partial charge in [-0.05, 0) is 24.8 Å². The first kappa shape index (κ1) is 13.8. The predicted molar refractivity (Wildman–Crippen MR) is 77.9 cm³/mol. The van der Waals surface area contributed by atoms with Crippen molar-refractivity contribution in [2.75, 3.05) is 17.7 Å². The lowest BCUT2D eigenvalue weighted by atomic mass is 9.96. The third-order valence-corrected chi connectivity index (χ3v) is 4.00. The van der Waals surface area contributed by atoms with Crippen molar-refractivity contribution in [3.63, 3.8) is 0 Å². The largest absolute Gasteiger partial charge is 0.396 e. The van der Waals surface area contributed by atoms with E-state index in [-0.39, 0.29) is 5.91 Å². The Morgan fingerprint density at radius 3 is 2.68 bits per heavy atom. The normalized spacial score (nSPS) is 16.9. The van der Waals surface area contributed by atoms with Gasteiger partial charge in [-0.2, -0.15) is 0 Å². The molecule has 1 aliphatic carbocycles. The van der Waals surface area contributed by atoms with Crippen LogP contribution in [0.2, 0.25) is 0 Å². The fourth-order valence-electron chi connectivity index (χ4n) is 2.79. The van der Waals surface area contributed by atoms with E-state index in [2.05, 4.69) is 4.98 Å². The summed E-state index contributed by atoms with van der Waals surface area (Å²) in [7, 11) is 1.80. The average molecular weight is 261 g/mol. The highest BCUT2D eigenvalue weighted by atomic mass is 16.2. The zero-order valence-electron chi connectivity index (χ0n) is 11.6. The van der Waals surface area contributed by atoms with Crippen LogP contribution in [0.5, 0.6) is 0 Å². The lowest BCUT2D eigenvalue weighted by molar-refractivity contribution is -0.119. The lowest BCUT2D eigenvalue weighted by Gasteiger charge is -2.21. The van der Waals surface area contributed by atoms with E-state index in [1.807, 2.05) is 0 Å². The molecule has 1 aliphatic rings. The molecule has 1 amide bonds. The molecule has 4 heteroatoms. The van der Waals surface area contributed by atoms with Crippen molar-refractivity contribution >= 4 is 17.3 Å². The number of rotatable bonds is 3. The second-order valence-corrected chi connectivity index (χ2v) is 5.45. The van der Waals surface area contributed by atoms with Gasteiger partial charge >= 0.3 is 0 Å². The first-order chi connectivity index (χ1) is 9.18. The molecule has 0 bridgehead atoms. The third-order valence-electron chi connectivity index (χ3n) is 4.00. The molecule has 0 saturated heterocycles. The molecular weight excluding hydrogens is 238 g/mol. The van der Waals surface area contributed by atoms with Crippen LogP contribution in [0.25, 0.3) is 0 Å². The van der Waals surface area contributed by atoms with Crippen LogP contribution in [-0.4, -0.2) is 17.9 Å². The smallest absolute Gasteiger partial charge is 0.227 e. The standard InChI is InChI=1S/C15H23N3O/c1-18(14-8-9-17-11-13(14)16)15(19)10-12-6-4-2-3-5-7-12/h8-9,11-12H,2-7,10,16H2,1H3. The van der Waals surface area contributed by atoms with Crippen molar-refractivity contribution < 1.29 is 4.79 Å². The highest BCUT2D eigenvalue weighted by Crippen LogP contribution is 2.27. The van der Waals surface area contributed by atoms with Crippen molar-refractivity contribution in [1.29, 1.82) is 0 Å². The molecule has 1 aromatic rings. The van der Waals surface area contributed by atoms with Crippen molar-refractivity contribution in [3.8, 4) is 0 Å². The van der Waals surface area contributed by atoms with Crippen molar-refractivity contribution in [2.24, 2.45) is 5.92 Å². The summed E-state index contributed by atoms with van der Waals surface area (Å²) in [6.07, 6.45) is 11.4. The van der Waals surface area contributed by atoms with E-state index in [1.165, 1.54) is 38.5 Å². The minimum Gasteiger partial charge on any atom is -0.396 e.